The zero-order valence-corrected chi connectivity index (χ0v) is 30.7. The molecule has 8 unspecified atom stereocenters. The number of carbonyl (C=O) groups is 2. The van der Waals surface area contributed by atoms with E-state index in [0.29, 0.717) is 38.4 Å². The van der Waals surface area contributed by atoms with Crippen LogP contribution in [0.3, 0.4) is 0 Å². The summed E-state index contributed by atoms with van der Waals surface area (Å²) >= 11 is 0. The SMILES string of the molecule is CCC(OC)/C(C)=C1/OC1CC(C)(O)CC/C=C(\C)C1OC(=O)CC(O)CCC(C)(O)C(OC(=O)N2CCN(C(C)C)CC2)/C=C/C1C. The molecule has 11 nitrogen and oxygen atoms in total. The number of epoxide rings is 1. The van der Waals surface area contributed by atoms with Crippen molar-refractivity contribution in [1.29, 1.82) is 0 Å². The average Bonchev–Trinajstić information content (AvgIpc) is 3.78. The number of methoxy groups -OCH3 is 1. The Balaban J connectivity index is 1.71. The Morgan fingerprint density at radius 2 is 1.85 bits per heavy atom. The van der Waals surface area contributed by atoms with Gasteiger partial charge in [-0.1, -0.05) is 26.0 Å². The van der Waals surface area contributed by atoms with Crippen LogP contribution in [0.4, 0.5) is 4.79 Å². The van der Waals surface area contributed by atoms with Gasteiger partial charge in [-0.05, 0) is 90.9 Å². The first kappa shape index (κ1) is 40.0. The smallest absolute Gasteiger partial charge is 0.410 e. The number of ether oxygens (including phenoxy) is 4. The minimum Gasteiger partial charge on any atom is -0.483 e. The summed E-state index contributed by atoms with van der Waals surface area (Å²) in [7, 11) is 1.69. The summed E-state index contributed by atoms with van der Waals surface area (Å²) in [6.45, 7) is 18.1. The van der Waals surface area contributed by atoms with Gasteiger partial charge in [-0.2, -0.15) is 0 Å². The molecule has 2 fully saturated rings. The van der Waals surface area contributed by atoms with Crippen LogP contribution in [-0.4, -0.2) is 118 Å². The molecule has 0 aromatic heterocycles. The van der Waals surface area contributed by atoms with Crippen molar-refractivity contribution in [2.45, 2.75) is 148 Å². The molecule has 3 N–H and O–H groups in total. The highest BCUT2D eigenvalue weighted by atomic mass is 16.6. The molecule has 274 valence electrons. The topological polar surface area (TPSA) is 142 Å². The Morgan fingerprint density at radius 3 is 2.46 bits per heavy atom. The summed E-state index contributed by atoms with van der Waals surface area (Å²) in [6.07, 6.45) is 4.59. The van der Waals surface area contributed by atoms with Gasteiger partial charge in [0.1, 0.15) is 17.5 Å². The third-order valence-electron chi connectivity index (χ3n) is 10.1. The maximum atomic E-state index is 13.2. The number of nitrogens with zero attached hydrogens (tertiary/aromatic N) is 2. The Labute approximate surface area is 287 Å². The summed E-state index contributed by atoms with van der Waals surface area (Å²) in [4.78, 5) is 30.1. The molecule has 0 bridgehead atoms. The molecule has 11 heteroatoms. The highest BCUT2D eigenvalue weighted by Gasteiger charge is 2.41. The standard InChI is InChI=1S/C37H62N2O9/c1-10-29(45-9)27(6)34-30(46-34)23-36(7,43)16-11-12-25(4)33-26(5)13-14-31(37(8,44)17-15-28(40)22-32(41)48-33)47-35(42)39-20-18-38(19-21-39)24(2)3/h12-14,24,26,28-31,33,40,43-44H,10-11,15-23H2,1-9H3/b14-13+,25-12+,34-27+. The first-order chi connectivity index (χ1) is 22.5. The van der Waals surface area contributed by atoms with Gasteiger partial charge in [-0.25, -0.2) is 4.79 Å². The number of piperazine rings is 1. The lowest BCUT2D eigenvalue weighted by Crippen LogP contribution is -2.52. The number of aliphatic hydroxyl groups is 3. The molecule has 3 aliphatic heterocycles. The predicted octanol–water partition coefficient (Wildman–Crippen LogP) is 4.88. The molecule has 1 amide bonds. The number of rotatable bonds is 11. The molecule has 0 aliphatic carbocycles. The van der Waals surface area contributed by atoms with Crippen molar-refractivity contribution >= 4 is 12.1 Å². The van der Waals surface area contributed by atoms with Crippen LogP contribution in [0.5, 0.6) is 0 Å². The second-order valence-corrected chi connectivity index (χ2v) is 14.8. The van der Waals surface area contributed by atoms with Crippen LogP contribution in [0.15, 0.2) is 35.1 Å². The molecule has 0 radical (unpaired) electrons. The lowest BCUT2D eigenvalue weighted by molar-refractivity contribution is -0.151. The number of cyclic esters (lactones) is 1. The summed E-state index contributed by atoms with van der Waals surface area (Å²) < 4.78 is 23.1. The van der Waals surface area contributed by atoms with Crippen LogP contribution in [-0.2, 0) is 23.7 Å². The summed E-state index contributed by atoms with van der Waals surface area (Å²) in [6, 6.07) is 0.395. The van der Waals surface area contributed by atoms with E-state index < -0.39 is 41.6 Å². The maximum Gasteiger partial charge on any atom is 0.410 e. The highest BCUT2D eigenvalue weighted by Crippen LogP contribution is 2.39. The van der Waals surface area contributed by atoms with Gasteiger partial charge in [0.15, 0.2) is 12.2 Å². The first-order valence-corrected chi connectivity index (χ1v) is 17.7. The largest absolute Gasteiger partial charge is 0.483 e. The number of hydrogen-bond acceptors (Lipinski definition) is 10. The number of esters is 1. The van der Waals surface area contributed by atoms with Crippen molar-refractivity contribution in [2.24, 2.45) is 5.92 Å². The molecular weight excluding hydrogens is 616 g/mol. The summed E-state index contributed by atoms with van der Waals surface area (Å²) in [5, 5.41) is 33.2. The normalized spacial score (nSPS) is 33.0. The number of aliphatic hydroxyl groups excluding tert-OH is 1. The summed E-state index contributed by atoms with van der Waals surface area (Å²) in [5.41, 5.74) is -0.574. The van der Waals surface area contributed by atoms with Crippen molar-refractivity contribution in [3.63, 3.8) is 0 Å². The van der Waals surface area contributed by atoms with Gasteiger partial charge in [0, 0.05) is 51.7 Å². The molecule has 0 spiro atoms. The monoisotopic (exact) mass is 678 g/mol. The average molecular weight is 679 g/mol. The van der Waals surface area contributed by atoms with E-state index >= 15 is 0 Å². The maximum absolute atomic E-state index is 13.2. The van der Waals surface area contributed by atoms with Crippen molar-refractivity contribution in [2.75, 3.05) is 33.3 Å². The zero-order chi connectivity index (χ0) is 35.8. The molecule has 3 rings (SSSR count). The van der Waals surface area contributed by atoms with E-state index in [-0.39, 0.29) is 37.4 Å². The lowest BCUT2D eigenvalue weighted by Gasteiger charge is -2.38. The molecule has 0 aromatic rings. The van der Waals surface area contributed by atoms with Crippen molar-refractivity contribution in [3.05, 3.63) is 35.1 Å². The van der Waals surface area contributed by atoms with Gasteiger partial charge in [0.25, 0.3) is 0 Å². The third kappa shape index (κ3) is 11.6. The second-order valence-electron chi connectivity index (χ2n) is 14.8. The van der Waals surface area contributed by atoms with Crippen molar-refractivity contribution in [3.8, 4) is 0 Å². The van der Waals surface area contributed by atoms with Gasteiger partial charge in [0.2, 0.25) is 0 Å². The van der Waals surface area contributed by atoms with Gasteiger partial charge < -0.3 is 39.2 Å². The third-order valence-corrected chi connectivity index (χ3v) is 10.1. The Morgan fingerprint density at radius 1 is 1.19 bits per heavy atom. The van der Waals surface area contributed by atoms with E-state index in [9.17, 15) is 24.9 Å². The number of amides is 1. The van der Waals surface area contributed by atoms with Crippen LogP contribution in [0.2, 0.25) is 0 Å². The molecule has 48 heavy (non-hydrogen) atoms. The van der Waals surface area contributed by atoms with Crippen LogP contribution in [0.1, 0.15) is 100 Å². The fourth-order valence-electron chi connectivity index (χ4n) is 6.69. The molecule has 8 atom stereocenters. The van der Waals surface area contributed by atoms with Crippen molar-refractivity contribution in [1.82, 2.24) is 9.80 Å². The minimum atomic E-state index is -1.47. The van der Waals surface area contributed by atoms with Crippen LogP contribution >= 0.6 is 0 Å². The van der Waals surface area contributed by atoms with Gasteiger partial charge in [-0.3, -0.25) is 9.69 Å². The fourth-order valence-corrected chi connectivity index (χ4v) is 6.69. The fraction of sp³-hybridized carbons (Fsp3) is 0.784. The second kappa shape index (κ2) is 17.5. The molecule has 2 saturated heterocycles. The Kier molecular flexibility index (Phi) is 14.6. The van der Waals surface area contributed by atoms with E-state index in [0.717, 1.165) is 36.4 Å². The molecule has 3 aliphatic rings. The van der Waals surface area contributed by atoms with E-state index in [4.69, 9.17) is 18.9 Å². The van der Waals surface area contributed by atoms with E-state index in [2.05, 4.69) is 25.7 Å². The highest BCUT2D eigenvalue weighted by molar-refractivity contribution is 5.70. The van der Waals surface area contributed by atoms with E-state index in [1.54, 1.807) is 31.9 Å². The Hall–Kier alpha value is -2.44. The Bertz CT molecular complexity index is 1170. The molecule has 3 heterocycles. The van der Waals surface area contributed by atoms with Crippen LogP contribution < -0.4 is 0 Å². The lowest BCUT2D eigenvalue weighted by atomic mass is 9.88. The van der Waals surface area contributed by atoms with Gasteiger partial charge in [-0.15, -0.1) is 0 Å². The predicted molar refractivity (Wildman–Crippen MR) is 184 cm³/mol. The number of allylic oxidation sites excluding steroid dienone is 1. The molecule has 0 saturated carbocycles. The zero-order valence-electron chi connectivity index (χ0n) is 30.7. The van der Waals surface area contributed by atoms with Crippen LogP contribution in [0, 0.1) is 5.92 Å². The van der Waals surface area contributed by atoms with Crippen molar-refractivity contribution < 1.29 is 43.9 Å². The van der Waals surface area contributed by atoms with Gasteiger partial charge >= 0.3 is 12.1 Å². The summed E-state index contributed by atoms with van der Waals surface area (Å²) in [5.74, 6) is 0.0326. The molecular formula is C37H62N2O9. The number of hydrogen-bond donors (Lipinski definition) is 3. The van der Waals surface area contributed by atoms with Gasteiger partial charge in [0.05, 0.1) is 24.2 Å². The molecule has 0 aromatic carbocycles. The van der Waals surface area contributed by atoms with Crippen LogP contribution in [0.25, 0.3) is 0 Å². The van der Waals surface area contributed by atoms with E-state index in [1.165, 1.54) is 0 Å². The first-order valence-electron chi connectivity index (χ1n) is 17.7. The quantitative estimate of drug-likeness (QED) is 0.157. The van der Waals surface area contributed by atoms with E-state index in [1.807, 2.05) is 32.9 Å². The number of carbonyl (C=O) groups excluding carboxylic acids is 2. The minimum absolute atomic E-state index is 0.00511.